The summed E-state index contributed by atoms with van der Waals surface area (Å²) in [7, 11) is 1.46. The first-order valence-corrected chi connectivity index (χ1v) is 4.13. The van der Waals surface area contributed by atoms with Crippen molar-refractivity contribution in [2.45, 2.75) is 0 Å². The van der Waals surface area contributed by atoms with E-state index in [0.717, 1.165) is 0 Å². The zero-order valence-electron chi connectivity index (χ0n) is 6.60. The highest BCUT2D eigenvalue weighted by molar-refractivity contribution is 9.10. The van der Waals surface area contributed by atoms with Crippen molar-refractivity contribution in [1.29, 1.82) is 0 Å². The molecule has 1 aromatic rings. The second kappa shape index (κ2) is 3.72. The van der Waals surface area contributed by atoms with Crippen LogP contribution < -0.4 is 0 Å². The van der Waals surface area contributed by atoms with Gasteiger partial charge in [-0.25, -0.2) is 4.39 Å². The number of hydrogen-bond donors (Lipinski definition) is 0. The Morgan fingerprint density at radius 1 is 1.58 bits per heavy atom. The van der Waals surface area contributed by atoms with Crippen molar-refractivity contribution in [1.82, 2.24) is 0 Å². The summed E-state index contributed by atoms with van der Waals surface area (Å²) in [6, 6.07) is 4.97. The van der Waals surface area contributed by atoms with Gasteiger partial charge < -0.3 is 4.74 Å². The molecule has 1 aromatic carbocycles. The second-order valence-electron chi connectivity index (χ2n) is 2.23. The van der Waals surface area contributed by atoms with Crippen LogP contribution >= 0.6 is 15.9 Å². The fraction of sp³-hybridized carbons (Fsp3) is 0.111. The third-order valence-corrected chi connectivity index (χ3v) is 2.11. The average molecular weight is 231 g/mol. The van der Waals surface area contributed by atoms with Gasteiger partial charge in [0.05, 0.1) is 17.1 Å². The normalized spacial score (nSPS) is 9.58. The van der Waals surface area contributed by atoms with E-state index in [9.17, 15) is 4.39 Å². The number of hydrogen-bond acceptors (Lipinski definition) is 1. The van der Waals surface area contributed by atoms with Crippen LogP contribution in [0.4, 0.5) is 4.39 Å². The largest absolute Gasteiger partial charge is 0.497 e. The van der Waals surface area contributed by atoms with Crippen molar-refractivity contribution in [3.63, 3.8) is 0 Å². The average Bonchev–Trinajstić information content (AvgIpc) is 2.08. The molecule has 0 fully saturated rings. The van der Waals surface area contributed by atoms with E-state index in [0.29, 0.717) is 15.8 Å². The summed E-state index contributed by atoms with van der Waals surface area (Å²) in [5.41, 5.74) is 0.381. The van der Waals surface area contributed by atoms with E-state index in [1.807, 2.05) is 0 Å². The molecule has 0 atom stereocenters. The lowest BCUT2D eigenvalue weighted by Gasteiger charge is -2.05. The van der Waals surface area contributed by atoms with Crippen LogP contribution in [-0.4, -0.2) is 7.11 Å². The Balaban J connectivity index is 3.16. The zero-order valence-corrected chi connectivity index (χ0v) is 8.19. The molecule has 0 N–H and O–H groups in total. The Labute approximate surface area is 79.0 Å². The van der Waals surface area contributed by atoms with Crippen molar-refractivity contribution < 1.29 is 9.13 Å². The van der Waals surface area contributed by atoms with Crippen LogP contribution in [0.25, 0.3) is 5.76 Å². The minimum absolute atomic E-state index is 0.328. The molecule has 0 unspecified atom stereocenters. The maximum atomic E-state index is 13.3. The van der Waals surface area contributed by atoms with Crippen molar-refractivity contribution in [3.05, 3.63) is 40.6 Å². The molecular weight excluding hydrogens is 223 g/mol. The fourth-order valence-corrected chi connectivity index (χ4v) is 1.20. The van der Waals surface area contributed by atoms with Gasteiger partial charge >= 0.3 is 0 Å². The van der Waals surface area contributed by atoms with E-state index < -0.39 is 0 Å². The van der Waals surface area contributed by atoms with Crippen molar-refractivity contribution in [2.75, 3.05) is 7.11 Å². The molecule has 0 heterocycles. The lowest BCUT2D eigenvalue weighted by molar-refractivity contribution is 0.368. The van der Waals surface area contributed by atoms with Gasteiger partial charge in [0.2, 0.25) is 0 Å². The van der Waals surface area contributed by atoms with Crippen molar-refractivity contribution >= 4 is 21.7 Å². The molecule has 0 bridgehead atoms. The molecule has 0 aromatic heterocycles. The second-order valence-corrected chi connectivity index (χ2v) is 3.08. The first kappa shape index (κ1) is 9.26. The molecule has 0 aliphatic heterocycles. The van der Waals surface area contributed by atoms with Crippen molar-refractivity contribution in [2.24, 2.45) is 0 Å². The van der Waals surface area contributed by atoms with Gasteiger partial charge in [-0.15, -0.1) is 0 Å². The summed E-state index contributed by atoms with van der Waals surface area (Å²) < 4.78 is 18.5. The Hall–Kier alpha value is -0.830. The molecule has 1 rings (SSSR count). The molecule has 0 spiro atoms. The fourth-order valence-electron chi connectivity index (χ4n) is 0.829. The van der Waals surface area contributed by atoms with Gasteiger partial charge in [0.25, 0.3) is 0 Å². The van der Waals surface area contributed by atoms with Crippen LogP contribution in [0.1, 0.15) is 5.56 Å². The van der Waals surface area contributed by atoms with Crippen LogP contribution in [0.5, 0.6) is 0 Å². The number of benzene rings is 1. The van der Waals surface area contributed by atoms with E-state index in [4.69, 9.17) is 4.74 Å². The van der Waals surface area contributed by atoms with Gasteiger partial charge in [-0.1, -0.05) is 12.6 Å². The molecule has 12 heavy (non-hydrogen) atoms. The number of rotatable bonds is 2. The Morgan fingerprint density at radius 3 is 2.83 bits per heavy atom. The quantitative estimate of drug-likeness (QED) is 0.710. The number of halogens is 2. The summed E-state index contributed by atoms with van der Waals surface area (Å²) in [5, 5.41) is 0. The van der Waals surface area contributed by atoms with Crippen LogP contribution in [0, 0.1) is 5.82 Å². The Morgan fingerprint density at radius 2 is 2.25 bits per heavy atom. The smallest absolute Gasteiger partial charge is 0.148 e. The topological polar surface area (TPSA) is 9.23 Å². The molecule has 1 nitrogen and oxygen atoms in total. The molecule has 0 amide bonds. The van der Waals surface area contributed by atoms with Gasteiger partial charge in [-0.2, -0.15) is 0 Å². The minimum Gasteiger partial charge on any atom is -0.497 e. The third kappa shape index (κ3) is 1.67. The van der Waals surface area contributed by atoms with E-state index in [1.165, 1.54) is 7.11 Å². The molecule has 0 saturated heterocycles. The molecule has 0 radical (unpaired) electrons. The summed E-state index contributed by atoms with van der Waals surface area (Å²) in [4.78, 5) is 0. The Bertz CT molecular complexity index is 309. The molecule has 64 valence electrons. The summed E-state index contributed by atoms with van der Waals surface area (Å²) >= 11 is 3.07. The Kier molecular flexibility index (Phi) is 2.87. The summed E-state index contributed by atoms with van der Waals surface area (Å²) in [5.74, 6) is -0.0156. The van der Waals surface area contributed by atoms with Crippen LogP contribution in [0.15, 0.2) is 29.3 Å². The van der Waals surface area contributed by atoms with E-state index in [1.54, 1.807) is 18.2 Å². The maximum absolute atomic E-state index is 13.3. The lowest BCUT2D eigenvalue weighted by Crippen LogP contribution is -1.91. The zero-order chi connectivity index (χ0) is 9.14. The van der Waals surface area contributed by atoms with E-state index in [2.05, 4.69) is 22.5 Å². The molecular formula is C9H8BrFO. The predicted molar refractivity (Wildman–Crippen MR) is 50.1 cm³/mol. The van der Waals surface area contributed by atoms with Crippen LogP contribution in [0.2, 0.25) is 0 Å². The van der Waals surface area contributed by atoms with Gasteiger partial charge in [-0.3, -0.25) is 0 Å². The molecule has 3 heteroatoms. The van der Waals surface area contributed by atoms with Crippen LogP contribution in [0.3, 0.4) is 0 Å². The summed E-state index contributed by atoms with van der Waals surface area (Å²) in [6.45, 7) is 3.56. The monoisotopic (exact) mass is 230 g/mol. The first-order valence-electron chi connectivity index (χ1n) is 3.34. The van der Waals surface area contributed by atoms with Gasteiger partial charge in [0, 0.05) is 0 Å². The lowest BCUT2D eigenvalue weighted by atomic mass is 10.2. The molecule has 0 saturated carbocycles. The molecule has 0 aliphatic carbocycles. The molecule has 0 aliphatic rings. The minimum atomic E-state index is -0.343. The van der Waals surface area contributed by atoms with Gasteiger partial charge in [-0.05, 0) is 28.1 Å². The van der Waals surface area contributed by atoms with Gasteiger partial charge in [0.15, 0.2) is 0 Å². The SMILES string of the molecule is C=C(OC)c1cccc(Br)c1F. The number of ether oxygens (including phenoxy) is 1. The van der Waals surface area contributed by atoms with E-state index >= 15 is 0 Å². The highest BCUT2D eigenvalue weighted by Crippen LogP contribution is 2.23. The highest BCUT2D eigenvalue weighted by Gasteiger charge is 2.08. The van der Waals surface area contributed by atoms with E-state index in [-0.39, 0.29) is 5.82 Å². The summed E-state index contributed by atoms with van der Waals surface area (Å²) in [6.07, 6.45) is 0. The standard InChI is InChI=1S/C9H8BrFO/c1-6(12-2)7-4-3-5-8(10)9(7)11/h3-5H,1H2,2H3. The van der Waals surface area contributed by atoms with Gasteiger partial charge in [0.1, 0.15) is 11.6 Å². The van der Waals surface area contributed by atoms with Crippen molar-refractivity contribution in [3.8, 4) is 0 Å². The first-order chi connectivity index (χ1) is 5.66. The maximum Gasteiger partial charge on any atom is 0.148 e. The predicted octanol–water partition coefficient (Wildman–Crippen LogP) is 3.21. The number of methoxy groups -OCH3 is 1. The highest BCUT2D eigenvalue weighted by atomic mass is 79.9. The van der Waals surface area contributed by atoms with Crippen LogP contribution in [-0.2, 0) is 4.74 Å². The third-order valence-electron chi connectivity index (χ3n) is 1.50.